The van der Waals surface area contributed by atoms with E-state index in [1.165, 1.54) is 37.7 Å². The quantitative estimate of drug-likeness (QED) is 0.758. The largest absolute Gasteiger partial charge is 0.307 e. The molecule has 1 aliphatic carbocycles. The minimum absolute atomic E-state index is 0.159. The predicted octanol–water partition coefficient (Wildman–Crippen LogP) is 5.47. The molecule has 0 saturated heterocycles. The van der Waals surface area contributed by atoms with Gasteiger partial charge in [-0.05, 0) is 61.6 Å². The highest BCUT2D eigenvalue weighted by atomic mass is 19.1. The van der Waals surface area contributed by atoms with Gasteiger partial charge in [0.1, 0.15) is 5.82 Å². The predicted molar refractivity (Wildman–Crippen MR) is 87.8 cm³/mol. The molecule has 0 aliphatic heterocycles. The van der Waals surface area contributed by atoms with Crippen molar-refractivity contribution in [2.75, 3.05) is 0 Å². The van der Waals surface area contributed by atoms with E-state index in [9.17, 15) is 4.39 Å². The van der Waals surface area contributed by atoms with Crippen molar-refractivity contribution in [1.82, 2.24) is 5.32 Å². The van der Waals surface area contributed by atoms with Gasteiger partial charge in [-0.1, -0.05) is 39.3 Å². The van der Waals surface area contributed by atoms with Crippen LogP contribution < -0.4 is 5.32 Å². The Kier molecular flexibility index (Phi) is 5.43. The number of benzene rings is 1. The minimum atomic E-state index is -0.159. The van der Waals surface area contributed by atoms with E-state index in [-0.39, 0.29) is 5.82 Å². The maximum absolute atomic E-state index is 13.0. The van der Waals surface area contributed by atoms with Gasteiger partial charge in [0.25, 0.3) is 0 Å². The first kappa shape index (κ1) is 16.5. The van der Waals surface area contributed by atoms with E-state index in [4.69, 9.17) is 0 Å². The Morgan fingerprint density at radius 2 is 1.71 bits per heavy atom. The Balaban J connectivity index is 1.84. The summed E-state index contributed by atoms with van der Waals surface area (Å²) in [4.78, 5) is 0. The lowest BCUT2D eigenvalue weighted by Crippen LogP contribution is -2.38. The highest BCUT2D eigenvalue weighted by Gasteiger charge is 2.32. The summed E-state index contributed by atoms with van der Waals surface area (Å²) in [6, 6.07) is 7.78. The van der Waals surface area contributed by atoms with Crippen LogP contribution in [0.4, 0.5) is 4.39 Å². The molecule has 1 fully saturated rings. The van der Waals surface area contributed by atoms with Crippen LogP contribution in [0.5, 0.6) is 0 Å². The van der Waals surface area contributed by atoms with E-state index in [0.717, 1.165) is 5.92 Å². The monoisotopic (exact) mass is 291 g/mol. The lowest BCUT2D eigenvalue weighted by molar-refractivity contribution is 0.134. The maximum Gasteiger partial charge on any atom is 0.123 e. The molecular weight excluding hydrogens is 261 g/mol. The van der Waals surface area contributed by atoms with Gasteiger partial charge in [-0.3, -0.25) is 0 Å². The van der Waals surface area contributed by atoms with Crippen LogP contribution in [0.25, 0.3) is 0 Å². The van der Waals surface area contributed by atoms with Gasteiger partial charge >= 0.3 is 0 Å². The van der Waals surface area contributed by atoms with Crippen molar-refractivity contribution in [2.45, 2.75) is 71.9 Å². The van der Waals surface area contributed by atoms with Gasteiger partial charge < -0.3 is 5.32 Å². The van der Waals surface area contributed by atoms with Crippen molar-refractivity contribution in [1.29, 1.82) is 0 Å². The third-order valence-corrected chi connectivity index (χ3v) is 5.60. The summed E-state index contributed by atoms with van der Waals surface area (Å²) < 4.78 is 13.0. The minimum Gasteiger partial charge on any atom is -0.307 e. The van der Waals surface area contributed by atoms with Crippen LogP contribution in [-0.4, -0.2) is 6.04 Å². The summed E-state index contributed by atoms with van der Waals surface area (Å²) in [5, 5.41) is 3.72. The van der Waals surface area contributed by atoms with Crippen molar-refractivity contribution >= 4 is 0 Å². The SMILES string of the molecule is CCC(C)(C)C1CCC(NC(C)c2ccc(F)cc2)CC1. The molecule has 2 heteroatoms. The molecule has 0 amide bonds. The first-order valence-electron chi connectivity index (χ1n) is 8.44. The van der Waals surface area contributed by atoms with Gasteiger partial charge in [-0.15, -0.1) is 0 Å². The average molecular weight is 291 g/mol. The van der Waals surface area contributed by atoms with Crippen LogP contribution in [-0.2, 0) is 0 Å². The van der Waals surface area contributed by atoms with Crippen LogP contribution in [0, 0.1) is 17.2 Å². The van der Waals surface area contributed by atoms with Crippen molar-refractivity contribution in [3.05, 3.63) is 35.6 Å². The molecule has 0 spiro atoms. The van der Waals surface area contributed by atoms with E-state index >= 15 is 0 Å². The smallest absolute Gasteiger partial charge is 0.123 e. The summed E-state index contributed by atoms with van der Waals surface area (Å²) in [6.45, 7) is 9.30. The van der Waals surface area contributed by atoms with Gasteiger partial charge in [-0.2, -0.15) is 0 Å². The molecule has 1 nitrogen and oxygen atoms in total. The van der Waals surface area contributed by atoms with Crippen molar-refractivity contribution in [3.8, 4) is 0 Å². The molecule has 1 aromatic carbocycles. The topological polar surface area (TPSA) is 12.0 Å². The number of hydrogen-bond acceptors (Lipinski definition) is 1. The molecule has 1 aliphatic rings. The van der Waals surface area contributed by atoms with Gasteiger partial charge in [0.2, 0.25) is 0 Å². The second-order valence-electron chi connectivity index (χ2n) is 7.33. The zero-order valence-corrected chi connectivity index (χ0v) is 14.0. The molecule has 118 valence electrons. The van der Waals surface area contributed by atoms with Gasteiger partial charge in [0.05, 0.1) is 0 Å². The Morgan fingerprint density at radius 3 is 2.24 bits per heavy atom. The Morgan fingerprint density at radius 1 is 1.14 bits per heavy atom. The highest BCUT2D eigenvalue weighted by Crippen LogP contribution is 2.40. The second-order valence-corrected chi connectivity index (χ2v) is 7.33. The van der Waals surface area contributed by atoms with E-state index in [1.807, 2.05) is 12.1 Å². The summed E-state index contributed by atoms with van der Waals surface area (Å²) >= 11 is 0. The third kappa shape index (κ3) is 4.29. The van der Waals surface area contributed by atoms with E-state index in [2.05, 4.69) is 33.0 Å². The fourth-order valence-electron chi connectivity index (χ4n) is 3.53. The molecule has 1 N–H and O–H groups in total. The first-order valence-corrected chi connectivity index (χ1v) is 8.44. The van der Waals surface area contributed by atoms with Gasteiger partial charge in [0, 0.05) is 12.1 Å². The number of nitrogens with one attached hydrogen (secondary N) is 1. The molecule has 0 heterocycles. The van der Waals surface area contributed by atoms with E-state index in [1.54, 1.807) is 12.1 Å². The Hall–Kier alpha value is -0.890. The third-order valence-electron chi connectivity index (χ3n) is 5.60. The van der Waals surface area contributed by atoms with E-state index < -0.39 is 0 Å². The lowest BCUT2D eigenvalue weighted by Gasteiger charge is -2.39. The van der Waals surface area contributed by atoms with Crippen LogP contribution in [0.2, 0.25) is 0 Å². The molecule has 1 saturated carbocycles. The number of hydrogen-bond donors (Lipinski definition) is 1. The molecule has 1 atom stereocenters. The Bertz CT molecular complexity index is 429. The zero-order chi connectivity index (χ0) is 15.5. The maximum atomic E-state index is 13.0. The normalized spacial score (nSPS) is 24.8. The van der Waals surface area contributed by atoms with Crippen LogP contribution in [0.3, 0.4) is 0 Å². The highest BCUT2D eigenvalue weighted by molar-refractivity contribution is 5.19. The van der Waals surface area contributed by atoms with Crippen molar-refractivity contribution < 1.29 is 4.39 Å². The molecule has 21 heavy (non-hydrogen) atoms. The molecule has 0 radical (unpaired) electrons. The fourth-order valence-corrected chi connectivity index (χ4v) is 3.53. The van der Waals surface area contributed by atoms with Crippen molar-refractivity contribution in [2.24, 2.45) is 11.3 Å². The van der Waals surface area contributed by atoms with E-state index in [0.29, 0.717) is 17.5 Å². The molecule has 1 aromatic rings. The molecule has 0 bridgehead atoms. The summed E-state index contributed by atoms with van der Waals surface area (Å²) in [6.07, 6.45) is 6.45. The average Bonchev–Trinajstić information content (AvgIpc) is 2.48. The molecule has 0 aromatic heterocycles. The fraction of sp³-hybridized carbons (Fsp3) is 0.684. The summed E-state index contributed by atoms with van der Waals surface area (Å²) in [5.41, 5.74) is 1.65. The van der Waals surface area contributed by atoms with Gasteiger partial charge in [0.15, 0.2) is 0 Å². The lowest BCUT2D eigenvalue weighted by atomic mass is 9.69. The first-order chi connectivity index (χ1) is 9.92. The summed E-state index contributed by atoms with van der Waals surface area (Å²) in [5.74, 6) is 0.704. The number of rotatable bonds is 5. The van der Waals surface area contributed by atoms with Crippen molar-refractivity contribution in [3.63, 3.8) is 0 Å². The van der Waals surface area contributed by atoms with Crippen LogP contribution in [0.1, 0.15) is 71.4 Å². The second kappa shape index (κ2) is 6.91. The standard InChI is InChI=1S/C19H30FN/c1-5-19(3,4)16-8-12-18(13-9-16)21-14(2)15-6-10-17(20)11-7-15/h6-7,10-11,14,16,18,21H,5,8-9,12-13H2,1-4H3. The van der Waals surface area contributed by atoms with Crippen LogP contribution >= 0.6 is 0 Å². The molecular formula is C19H30FN. The molecule has 2 rings (SSSR count). The Labute approximate surface area is 129 Å². The van der Waals surface area contributed by atoms with Crippen LogP contribution in [0.15, 0.2) is 24.3 Å². The zero-order valence-electron chi connectivity index (χ0n) is 14.0. The van der Waals surface area contributed by atoms with Gasteiger partial charge in [-0.25, -0.2) is 4.39 Å². The summed E-state index contributed by atoms with van der Waals surface area (Å²) in [7, 11) is 0. The molecule has 1 unspecified atom stereocenters. The number of halogens is 1.